The number of aliphatic hydroxyl groups is 1. The van der Waals surface area contributed by atoms with Crippen LogP contribution in [-0.4, -0.2) is 33.5 Å². The van der Waals surface area contributed by atoms with E-state index in [1.165, 1.54) is 12.5 Å². The van der Waals surface area contributed by atoms with E-state index in [0.29, 0.717) is 18.8 Å². The summed E-state index contributed by atoms with van der Waals surface area (Å²) in [6, 6.07) is 1.40. The molecule has 0 atom stereocenters. The number of aromatic nitrogens is 1. The maximum absolute atomic E-state index is 10.7. The van der Waals surface area contributed by atoms with E-state index in [1.54, 1.807) is 0 Å². The van der Waals surface area contributed by atoms with Crippen LogP contribution in [0.1, 0.15) is 55.3 Å². The van der Waals surface area contributed by atoms with Gasteiger partial charge in [-0.25, -0.2) is 4.79 Å². The summed E-state index contributed by atoms with van der Waals surface area (Å²) >= 11 is 0. The van der Waals surface area contributed by atoms with Gasteiger partial charge in [0, 0.05) is 12.6 Å². The van der Waals surface area contributed by atoms with Gasteiger partial charge in [-0.3, -0.25) is 0 Å². The molecule has 1 heterocycles. The molecule has 0 amide bonds. The van der Waals surface area contributed by atoms with Crippen molar-refractivity contribution in [2.24, 2.45) is 5.92 Å². The molecule has 1 aromatic heterocycles. The summed E-state index contributed by atoms with van der Waals surface area (Å²) in [6.45, 7) is 3.06. The number of aromatic carboxylic acids is 1. The van der Waals surface area contributed by atoms with Crippen LogP contribution in [0.4, 0.5) is 0 Å². The van der Waals surface area contributed by atoms with Crippen molar-refractivity contribution in [3.8, 4) is 0 Å². The van der Waals surface area contributed by atoms with Crippen molar-refractivity contribution in [1.29, 1.82) is 0 Å². The second-order valence-corrected chi connectivity index (χ2v) is 5.66. The van der Waals surface area contributed by atoms with E-state index in [1.807, 2.05) is 0 Å². The largest absolute Gasteiger partial charge is 0.476 e. The van der Waals surface area contributed by atoms with Crippen molar-refractivity contribution in [3.63, 3.8) is 0 Å². The third kappa shape index (κ3) is 3.80. The summed E-state index contributed by atoms with van der Waals surface area (Å²) in [5.74, 6) is 0.104. The predicted octanol–water partition coefficient (Wildman–Crippen LogP) is 1.79. The van der Waals surface area contributed by atoms with E-state index in [2.05, 4.69) is 17.4 Å². The highest BCUT2D eigenvalue weighted by Crippen LogP contribution is 2.33. The highest BCUT2D eigenvalue weighted by molar-refractivity contribution is 5.85. The lowest BCUT2D eigenvalue weighted by atomic mass is 9.78. The lowest BCUT2D eigenvalue weighted by molar-refractivity contribution is -0.00913. The summed E-state index contributed by atoms with van der Waals surface area (Å²) < 4.78 is 4.91. The average Bonchev–Trinajstić information content (AvgIpc) is 2.89. The Morgan fingerprint density at radius 3 is 2.80 bits per heavy atom. The van der Waals surface area contributed by atoms with Gasteiger partial charge in [-0.1, -0.05) is 18.5 Å². The van der Waals surface area contributed by atoms with Crippen molar-refractivity contribution in [3.05, 3.63) is 17.5 Å². The molecule has 1 aliphatic carbocycles. The number of carboxylic acids is 1. The van der Waals surface area contributed by atoms with Crippen LogP contribution in [0.2, 0.25) is 0 Å². The SMILES string of the molecule is CCC1CCC(O)(CNCc2cc(C(=O)O)no2)CC1. The summed E-state index contributed by atoms with van der Waals surface area (Å²) in [4.78, 5) is 10.7. The zero-order valence-corrected chi connectivity index (χ0v) is 11.8. The summed E-state index contributed by atoms with van der Waals surface area (Å²) in [6.07, 6.45) is 4.95. The number of hydrogen-bond acceptors (Lipinski definition) is 5. The van der Waals surface area contributed by atoms with E-state index < -0.39 is 11.6 Å². The number of nitrogens with zero attached hydrogens (tertiary/aromatic N) is 1. The smallest absolute Gasteiger partial charge is 0.358 e. The van der Waals surface area contributed by atoms with E-state index in [4.69, 9.17) is 9.63 Å². The number of carboxylic acid groups (broad SMARTS) is 1. The Hall–Kier alpha value is -1.40. The minimum absolute atomic E-state index is 0.0936. The molecule has 6 heteroatoms. The highest BCUT2D eigenvalue weighted by atomic mass is 16.5. The fourth-order valence-electron chi connectivity index (χ4n) is 2.72. The second kappa shape index (κ2) is 6.37. The van der Waals surface area contributed by atoms with E-state index in [-0.39, 0.29) is 5.69 Å². The topological polar surface area (TPSA) is 95.6 Å². The first-order valence-electron chi connectivity index (χ1n) is 7.14. The lowest BCUT2D eigenvalue weighted by Crippen LogP contribution is -2.43. The molecule has 0 aliphatic heterocycles. The first-order valence-corrected chi connectivity index (χ1v) is 7.14. The van der Waals surface area contributed by atoms with Gasteiger partial charge in [0.05, 0.1) is 12.1 Å². The maximum Gasteiger partial charge on any atom is 0.358 e. The molecule has 1 aliphatic rings. The van der Waals surface area contributed by atoms with Crippen LogP contribution in [0.25, 0.3) is 0 Å². The molecule has 20 heavy (non-hydrogen) atoms. The molecule has 1 fully saturated rings. The van der Waals surface area contributed by atoms with Crippen molar-refractivity contribution < 1.29 is 19.5 Å². The molecule has 0 aromatic carbocycles. The van der Waals surface area contributed by atoms with Gasteiger partial charge >= 0.3 is 5.97 Å². The van der Waals surface area contributed by atoms with Crippen LogP contribution in [0.3, 0.4) is 0 Å². The molecule has 2 rings (SSSR count). The number of nitrogens with one attached hydrogen (secondary N) is 1. The molecule has 0 spiro atoms. The molecule has 0 radical (unpaired) electrons. The molecule has 0 bridgehead atoms. The van der Waals surface area contributed by atoms with Gasteiger partial charge in [-0.05, 0) is 31.6 Å². The van der Waals surface area contributed by atoms with Crippen LogP contribution in [0, 0.1) is 5.92 Å². The van der Waals surface area contributed by atoms with Crippen molar-refractivity contribution in [2.75, 3.05) is 6.54 Å². The van der Waals surface area contributed by atoms with Crippen LogP contribution >= 0.6 is 0 Å². The fraction of sp³-hybridized carbons (Fsp3) is 0.714. The fourth-order valence-corrected chi connectivity index (χ4v) is 2.72. The van der Waals surface area contributed by atoms with E-state index in [0.717, 1.165) is 31.6 Å². The van der Waals surface area contributed by atoms with Crippen molar-refractivity contribution in [1.82, 2.24) is 10.5 Å². The van der Waals surface area contributed by atoms with Gasteiger partial charge in [-0.15, -0.1) is 0 Å². The minimum atomic E-state index is -1.10. The van der Waals surface area contributed by atoms with Gasteiger partial charge in [0.1, 0.15) is 0 Å². The van der Waals surface area contributed by atoms with Crippen LogP contribution in [-0.2, 0) is 6.54 Å². The van der Waals surface area contributed by atoms with Crippen molar-refractivity contribution >= 4 is 5.97 Å². The maximum atomic E-state index is 10.7. The molecule has 3 N–H and O–H groups in total. The normalized spacial score (nSPS) is 26.6. The highest BCUT2D eigenvalue weighted by Gasteiger charge is 2.32. The predicted molar refractivity (Wildman–Crippen MR) is 72.4 cm³/mol. The summed E-state index contributed by atoms with van der Waals surface area (Å²) in [5.41, 5.74) is -0.745. The van der Waals surface area contributed by atoms with Crippen LogP contribution in [0.15, 0.2) is 10.6 Å². The Morgan fingerprint density at radius 2 is 2.25 bits per heavy atom. The van der Waals surface area contributed by atoms with Gasteiger partial charge < -0.3 is 20.1 Å². The first kappa shape index (κ1) is 15.0. The number of carbonyl (C=O) groups is 1. The molecule has 112 valence electrons. The molecule has 0 unspecified atom stereocenters. The Morgan fingerprint density at radius 1 is 1.55 bits per heavy atom. The van der Waals surface area contributed by atoms with Gasteiger partial charge in [-0.2, -0.15) is 0 Å². The minimum Gasteiger partial charge on any atom is -0.476 e. The zero-order chi connectivity index (χ0) is 14.6. The number of rotatable bonds is 6. The van der Waals surface area contributed by atoms with Crippen molar-refractivity contribution in [2.45, 2.75) is 51.2 Å². The average molecular weight is 282 g/mol. The third-order valence-electron chi connectivity index (χ3n) is 4.14. The quantitative estimate of drug-likeness (QED) is 0.736. The molecule has 0 saturated heterocycles. The molecular weight excluding hydrogens is 260 g/mol. The third-order valence-corrected chi connectivity index (χ3v) is 4.14. The van der Waals surface area contributed by atoms with Crippen LogP contribution < -0.4 is 5.32 Å². The van der Waals surface area contributed by atoms with Gasteiger partial charge in [0.2, 0.25) is 0 Å². The Balaban J connectivity index is 1.76. The summed E-state index contributed by atoms with van der Waals surface area (Å²) in [5, 5.41) is 25.7. The second-order valence-electron chi connectivity index (χ2n) is 5.66. The molecule has 6 nitrogen and oxygen atoms in total. The number of hydrogen-bond donors (Lipinski definition) is 3. The Labute approximate surface area is 118 Å². The lowest BCUT2D eigenvalue weighted by Gasteiger charge is -2.35. The zero-order valence-electron chi connectivity index (χ0n) is 11.8. The van der Waals surface area contributed by atoms with Gasteiger partial charge in [0.25, 0.3) is 0 Å². The summed E-state index contributed by atoms with van der Waals surface area (Å²) in [7, 11) is 0. The molecule has 1 aromatic rings. The molecular formula is C14H22N2O4. The standard InChI is InChI=1S/C14H22N2O4/c1-2-10-3-5-14(19,6-4-10)9-15-8-11-7-12(13(17)18)16-20-11/h7,10,15,19H,2-6,8-9H2,1H3,(H,17,18). The molecule has 1 saturated carbocycles. The Bertz CT molecular complexity index is 450. The first-order chi connectivity index (χ1) is 9.52. The monoisotopic (exact) mass is 282 g/mol. The van der Waals surface area contributed by atoms with Gasteiger partial charge in [0.15, 0.2) is 11.5 Å². The van der Waals surface area contributed by atoms with E-state index >= 15 is 0 Å². The van der Waals surface area contributed by atoms with E-state index in [9.17, 15) is 9.90 Å². The Kier molecular flexibility index (Phi) is 4.77. The van der Waals surface area contributed by atoms with Crippen LogP contribution in [0.5, 0.6) is 0 Å².